The molecule has 1 aromatic carbocycles. The molecule has 0 aliphatic rings. The number of carbonyl (C=O) groups excluding carboxylic acids is 1. The lowest BCUT2D eigenvalue weighted by Crippen LogP contribution is -2.29. The van der Waals surface area contributed by atoms with Gasteiger partial charge in [0.15, 0.2) is 0 Å². The predicted molar refractivity (Wildman–Crippen MR) is 98.6 cm³/mol. The van der Waals surface area contributed by atoms with Gasteiger partial charge in [0.1, 0.15) is 0 Å². The lowest BCUT2D eigenvalue weighted by Gasteiger charge is -2.18. The van der Waals surface area contributed by atoms with E-state index in [9.17, 15) is 4.79 Å². The molecule has 6 heteroatoms. The largest absolute Gasteiger partial charge is 0.376 e. The molecule has 2 rings (SSSR count). The molecule has 1 heterocycles. The summed E-state index contributed by atoms with van der Waals surface area (Å²) >= 11 is 0. The molecule has 0 spiro atoms. The molecular formula is C18H27N5O. The predicted octanol–water partition coefficient (Wildman–Crippen LogP) is 2.93. The van der Waals surface area contributed by atoms with Crippen LogP contribution < -0.4 is 15.5 Å². The van der Waals surface area contributed by atoms with Crippen LogP contribution in [-0.2, 0) is 26.4 Å². The lowest BCUT2D eigenvalue weighted by atomic mass is 10.1. The SMILES string of the molecule is CCc1nn(C)c(CC)c1CNC(=O)Nc1ccccc1N(C)C. The number of carbonyl (C=O) groups is 1. The summed E-state index contributed by atoms with van der Waals surface area (Å²) < 4.78 is 1.91. The van der Waals surface area contributed by atoms with Crippen LogP contribution >= 0.6 is 0 Å². The van der Waals surface area contributed by atoms with E-state index in [1.165, 1.54) is 5.69 Å². The number of urea groups is 1. The number of aryl methyl sites for hydroxylation is 2. The second kappa shape index (κ2) is 7.86. The molecule has 0 radical (unpaired) electrons. The number of nitrogens with one attached hydrogen (secondary N) is 2. The number of nitrogens with zero attached hydrogens (tertiary/aromatic N) is 3. The Bertz CT molecular complexity index is 705. The van der Waals surface area contributed by atoms with Gasteiger partial charge in [-0.1, -0.05) is 26.0 Å². The zero-order valence-electron chi connectivity index (χ0n) is 15.2. The minimum Gasteiger partial charge on any atom is -0.376 e. The van der Waals surface area contributed by atoms with Crippen LogP contribution in [0.2, 0.25) is 0 Å². The third kappa shape index (κ3) is 3.88. The van der Waals surface area contributed by atoms with Gasteiger partial charge in [-0.05, 0) is 25.0 Å². The fraction of sp³-hybridized carbons (Fsp3) is 0.444. The van der Waals surface area contributed by atoms with Crippen molar-refractivity contribution in [3.63, 3.8) is 0 Å². The molecule has 130 valence electrons. The number of hydrogen-bond donors (Lipinski definition) is 2. The number of hydrogen-bond acceptors (Lipinski definition) is 3. The first-order chi connectivity index (χ1) is 11.5. The van der Waals surface area contributed by atoms with Gasteiger partial charge in [0.25, 0.3) is 0 Å². The van der Waals surface area contributed by atoms with E-state index in [1.807, 2.05) is 55.0 Å². The summed E-state index contributed by atoms with van der Waals surface area (Å²) in [4.78, 5) is 14.3. The Morgan fingerprint density at radius 2 is 1.92 bits per heavy atom. The van der Waals surface area contributed by atoms with Gasteiger partial charge in [-0.2, -0.15) is 5.10 Å². The molecule has 0 aliphatic carbocycles. The first-order valence-corrected chi connectivity index (χ1v) is 8.32. The number of amides is 2. The Balaban J connectivity index is 2.07. The lowest BCUT2D eigenvalue weighted by molar-refractivity contribution is 0.251. The van der Waals surface area contributed by atoms with Crippen molar-refractivity contribution < 1.29 is 4.79 Å². The van der Waals surface area contributed by atoms with E-state index in [0.29, 0.717) is 6.54 Å². The summed E-state index contributed by atoms with van der Waals surface area (Å²) in [5, 5.41) is 10.4. The maximum Gasteiger partial charge on any atom is 0.319 e. The fourth-order valence-corrected chi connectivity index (χ4v) is 2.90. The van der Waals surface area contributed by atoms with Gasteiger partial charge in [-0.3, -0.25) is 4.68 Å². The van der Waals surface area contributed by atoms with Gasteiger partial charge in [0, 0.05) is 38.9 Å². The van der Waals surface area contributed by atoms with Gasteiger partial charge in [0.05, 0.1) is 17.1 Å². The van der Waals surface area contributed by atoms with Crippen molar-refractivity contribution in [1.29, 1.82) is 0 Å². The Hall–Kier alpha value is -2.50. The fourth-order valence-electron chi connectivity index (χ4n) is 2.90. The van der Waals surface area contributed by atoms with Gasteiger partial charge in [-0.15, -0.1) is 0 Å². The van der Waals surface area contributed by atoms with Crippen LogP contribution in [0.1, 0.15) is 30.8 Å². The zero-order valence-corrected chi connectivity index (χ0v) is 15.2. The Kier molecular flexibility index (Phi) is 5.84. The molecule has 0 aliphatic heterocycles. The van der Waals surface area contributed by atoms with Crippen LogP contribution in [-0.4, -0.2) is 29.9 Å². The number of anilines is 2. The highest BCUT2D eigenvalue weighted by Gasteiger charge is 2.15. The summed E-state index contributed by atoms with van der Waals surface area (Å²) in [6.45, 7) is 4.67. The van der Waals surface area contributed by atoms with Crippen LogP contribution in [0.4, 0.5) is 16.2 Å². The standard InChI is InChI=1S/C18H27N5O/c1-6-14-13(16(7-2)23(5)21-14)12-19-18(24)20-15-10-8-9-11-17(15)22(3)4/h8-11H,6-7,12H2,1-5H3,(H2,19,20,24). The van der Waals surface area contributed by atoms with Crippen LogP contribution in [0.3, 0.4) is 0 Å². The summed E-state index contributed by atoms with van der Waals surface area (Å²) in [5.74, 6) is 0. The van der Waals surface area contributed by atoms with Crippen LogP contribution in [0.15, 0.2) is 24.3 Å². The van der Waals surface area contributed by atoms with E-state index in [1.54, 1.807) is 0 Å². The Morgan fingerprint density at radius 1 is 1.21 bits per heavy atom. The van der Waals surface area contributed by atoms with E-state index < -0.39 is 0 Å². The highest BCUT2D eigenvalue weighted by atomic mass is 16.2. The number of aromatic nitrogens is 2. The molecule has 0 saturated heterocycles. The number of benzene rings is 1. The normalized spacial score (nSPS) is 10.5. The van der Waals surface area contributed by atoms with Gasteiger partial charge in [-0.25, -0.2) is 4.79 Å². The molecule has 0 fully saturated rings. The van der Waals surface area contributed by atoms with Gasteiger partial charge >= 0.3 is 6.03 Å². The van der Waals surface area contributed by atoms with Crippen molar-refractivity contribution in [3.8, 4) is 0 Å². The first kappa shape index (κ1) is 17.8. The van der Waals surface area contributed by atoms with E-state index in [-0.39, 0.29) is 6.03 Å². The molecule has 1 aromatic heterocycles. The van der Waals surface area contributed by atoms with E-state index in [4.69, 9.17) is 0 Å². The molecule has 0 bridgehead atoms. The average molecular weight is 329 g/mol. The van der Waals surface area contributed by atoms with E-state index in [2.05, 4.69) is 29.6 Å². The molecule has 2 amide bonds. The summed E-state index contributed by atoms with van der Waals surface area (Å²) in [7, 11) is 5.86. The second-order valence-electron chi connectivity index (χ2n) is 5.92. The van der Waals surface area contributed by atoms with Crippen LogP contribution in [0, 0.1) is 0 Å². The first-order valence-electron chi connectivity index (χ1n) is 8.32. The maximum absolute atomic E-state index is 12.3. The monoisotopic (exact) mass is 329 g/mol. The van der Waals surface area contributed by atoms with Crippen LogP contribution in [0.25, 0.3) is 0 Å². The summed E-state index contributed by atoms with van der Waals surface area (Å²) in [6, 6.07) is 7.52. The summed E-state index contributed by atoms with van der Waals surface area (Å²) in [5.41, 5.74) is 5.10. The van der Waals surface area contributed by atoms with Crippen molar-refractivity contribution in [3.05, 3.63) is 41.2 Å². The quantitative estimate of drug-likeness (QED) is 0.856. The molecule has 2 aromatic rings. The molecule has 0 saturated carbocycles. The van der Waals surface area contributed by atoms with Crippen molar-refractivity contribution >= 4 is 17.4 Å². The molecule has 6 nitrogen and oxygen atoms in total. The maximum atomic E-state index is 12.3. The van der Waals surface area contributed by atoms with Crippen molar-refractivity contribution in [2.75, 3.05) is 24.3 Å². The molecular weight excluding hydrogens is 302 g/mol. The zero-order chi connectivity index (χ0) is 17.7. The molecule has 0 unspecified atom stereocenters. The minimum atomic E-state index is -0.211. The number of rotatable bonds is 6. The molecule has 24 heavy (non-hydrogen) atoms. The second-order valence-corrected chi connectivity index (χ2v) is 5.92. The van der Waals surface area contributed by atoms with Gasteiger partial charge in [0.2, 0.25) is 0 Å². The average Bonchev–Trinajstić information content (AvgIpc) is 2.88. The minimum absolute atomic E-state index is 0.211. The van der Waals surface area contributed by atoms with Crippen LogP contribution in [0.5, 0.6) is 0 Å². The molecule has 0 atom stereocenters. The third-order valence-electron chi connectivity index (χ3n) is 4.09. The number of para-hydroxylation sites is 2. The van der Waals surface area contributed by atoms with E-state index in [0.717, 1.165) is 35.5 Å². The smallest absolute Gasteiger partial charge is 0.319 e. The highest BCUT2D eigenvalue weighted by Crippen LogP contribution is 2.23. The molecule has 2 N–H and O–H groups in total. The van der Waals surface area contributed by atoms with Gasteiger partial charge < -0.3 is 15.5 Å². The highest BCUT2D eigenvalue weighted by molar-refractivity contribution is 5.93. The van der Waals surface area contributed by atoms with E-state index >= 15 is 0 Å². The Labute approximate surface area is 143 Å². The topological polar surface area (TPSA) is 62.2 Å². The van der Waals surface area contributed by atoms with Crippen molar-refractivity contribution in [2.45, 2.75) is 33.2 Å². The van der Waals surface area contributed by atoms with Crippen molar-refractivity contribution in [2.24, 2.45) is 7.05 Å². The summed E-state index contributed by atoms with van der Waals surface area (Å²) in [6.07, 6.45) is 1.75. The van der Waals surface area contributed by atoms with Crippen molar-refractivity contribution in [1.82, 2.24) is 15.1 Å². The third-order valence-corrected chi connectivity index (χ3v) is 4.09. The Morgan fingerprint density at radius 3 is 2.54 bits per heavy atom.